The number of hydrogen-bond donors (Lipinski definition) is 2. The average Bonchev–Trinajstić information content (AvgIpc) is 2.41. The van der Waals surface area contributed by atoms with Crippen molar-refractivity contribution in [3.05, 3.63) is 29.7 Å². The molecular weight excluding hydrogens is 257 g/mol. The zero-order valence-corrected chi connectivity index (χ0v) is 11.4. The molecule has 3 N–H and O–H groups in total. The number of aromatic nitrogens is 1. The van der Waals surface area contributed by atoms with Crippen molar-refractivity contribution in [1.29, 1.82) is 0 Å². The lowest BCUT2D eigenvalue weighted by Gasteiger charge is -2.32. The van der Waals surface area contributed by atoms with Gasteiger partial charge in [-0.1, -0.05) is 0 Å². The number of pyridine rings is 1. The largest absolute Gasteiger partial charge is 0.397 e. The SMILES string of the molecule is Cc1ccc2c(N3CCC(O)CC3)c(F)cc(N)c2n1. The number of anilines is 2. The Balaban J connectivity index is 2.14. The summed E-state index contributed by atoms with van der Waals surface area (Å²) >= 11 is 0. The molecule has 0 aliphatic carbocycles. The summed E-state index contributed by atoms with van der Waals surface area (Å²) in [5.74, 6) is -0.322. The first-order valence-corrected chi connectivity index (χ1v) is 6.84. The Morgan fingerprint density at radius 2 is 2.05 bits per heavy atom. The Morgan fingerprint density at radius 1 is 1.35 bits per heavy atom. The van der Waals surface area contributed by atoms with E-state index in [4.69, 9.17) is 5.73 Å². The fourth-order valence-corrected chi connectivity index (χ4v) is 2.78. The predicted molar refractivity (Wildman–Crippen MR) is 78.3 cm³/mol. The van der Waals surface area contributed by atoms with Crippen LogP contribution in [0.25, 0.3) is 10.9 Å². The summed E-state index contributed by atoms with van der Waals surface area (Å²) in [7, 11) is 0. The highest BCUT2D eigenvalue weighted by Crippen LogP contribution is 2.34. The maximum atomic E-state index is 14.4. The van der Waals surface area contributed by atoms with Gasteiger partial charge in [-0.15, -0.1) is 0 Å². The van der Waals surface area contributed by atoms with Gasteiger partial charge in [0.2, 0.25) is 0 Å². The van der Waals surface area contributed by atoms with Gasteiger partial charge in [0.05, 0.1) is 23.0 Å². The van der Waals surface area contributed by atoms with Gasteiger partial charge < -0.3 is 15.7 Å². The molecule has 0 bridgehead atoms. The number of halogens is 1. The van der Waals surface area contributed by atoms with Crippen LogP contribution in [0.5, 0.6) is 0 Å². The molecule has 1 aliphatic heterocycles. The van der Waals surface area contributed by atoms with Gasteiger partial charge in [0.15, 0.2) is 0 Å². The van der Waals surface area contributed by atoms with Crippen molar-refractivity contribution in [3.8, 4) is 0 Å². The first kappa shape index (κ1) is 13.1. The number of aliphatic hydroxyl groups is 1. The Kier molecular flexibility index (Phi) is 3.22. The Morgan fingerprint density at radius 3 is 2.75 bits per heavy atom. The molecule has 1 aromatic carbocycles. The molecule has 0 unspecified atom stereocenters. The predicted octanol–water partition coefficient (Wildman–Crippen LogP) is 2.23. The summed E-state index contributed by atoms with van der Waals surface area (Å²) in [5.41, 5.74) is 8.30. The minimum Gasteiger partial charge on any atom is -0.397 e. The fraction of sp³-hybridized carbons (Fsp3) is 0.400. The van der Waals surface area contributed by atoms with E-state index in [0.717, 1.165) is 11.1 Å². The Bertz CT molecular complexity index is 651. The molecule has 0 saturated carbocycles. The molecule has 20 heavy (non-hydrogen) atoms. The minimum absolute atomic E-state index is 0.283. The highest BCUT2D eigenvalue weighted by atomic mass is 19.1. The number of hydrogen-bond acceptors (Lipinski definition) is 4. The van der Waals surface area contributed by atoms with Crippen molar-refractivity contribution in [2.75, 3.05) is 23.7 Å². The van der Waals surface area contributed by atoms with Crippen molar-refractivity contribution in [1.82, 2.24) is 4.98 Å². The van der Waals surface area contributed by atoms with Crippen molar-refractivity contribution in [2.24, 2.45) is 0 Å². The monoisotopic (exact) mass is 275 g/mol. The third-order valence-corrected chi connectivity index (χ3v) is 3.85. The van der Waals surface area contributed by atoms with Crippen molar-refractivity contribution < 1.29 is 9.50 Å². The number of nitrogen functional groups attached to an aromatic ring is 1. The van der Waals surface area contributed by atoms with Gasteiger partial charge in [-0.05, 0) is 31.9 Å². The summed E-state index contributed by atoms with van der Waals surface area (Å²) in [5, 5.41) is 10.3. The van der Waals surface area contributed by atoms with Crippen molar-refractivity contribution >= 4 is 22.3 Å². The number of aryl methyl sites for hydroxylation is 1. The van der Waals surface area contributed by atoms with E-state index < -0.39 is 0 Å². The number of benzene rings is 1. The summed E-state index contributed by atoms with van der Waals surface area (Å²) in [4.78, 5) is 6.39. The lowest BCUT2D eigenvalue weighted by Crippen LogP contribution is -2.36. The molecular formula is C15H18FN3O. The zero-order valence-electron chi connectivity index (χ0n) is 11.4. The highest BCUT2D eigenvalue weighted by Gasteiger charge is 2.22. The molecule has 0 amide bonds. The Hall–Kier alpha value is -1.88. The van der Waals surface area contributed by atoms with Crippen LogP contribution >= 0.6 is 0 Å². The molecule has 1 aliphatic rings. The minimum atomic E-state index is -0.322. The van der Waals surface area contributed by atoms with Crippen molar-refractivity contribution in [2.45, 2.75) is 25.9 Å². The molecule has 2 heterocycles. The fourth-order valence-electron chi connectivity index (χ4n) is 2.78. The van der Waals surface area contributed by atoms with E-state index in [1.807, 2.05) is 24.0 Å². The first-order valence-electron chi connectivity index (χ1n) is 6.84. The normalized spacial score (nSPS) is 16.9. The number of aliphatic hydroxyl groups excluding tert-OH is 1. The quantitative estimate of drug-likeness (QED) is 0.783. The molecule has 1 saturated heterocycles. The summed E-state index contributed by atoms with van der Waals surface area (Å²) in [6.07, 6.45) is 1.03. The molecule has 1 aromatic heterocycles. The van der Waals surface area contributed by atoms with Crippen LogP contribution in [0.3, 0.4) is 0 Å². The average molecular weight is 275 g/mol. The zero-order chi connectivity index (χ0) is 14.3. The van der Waals surface area contributed by atoms with E-state index in [-0.39, 0.29) is 11.9 Å². The first-order chi connectivity index (χ1) is 9.56. The van der Waals surface area contributed by atoms with E-state index in [2.05, 4.69) is 4.98 Å². The second-order valence-electron chi connectivity index (χ2n) is 5.36. The van der Waals surface area contributed by atoms with E-state index in [1.165, 1.54) is 6.07 Å². The third kappa shape index (κ3) is 2.18. The van der Waals surface area contributed by atoms with Gasteiger partial charge in [-0.25, -0.2) is 4.39 Å². The van der Waals surface area contributed by atoms with Crippen LogP contribution in [-0.2, 0) is 0 Å². The maximum Gasteiger partial charge on any atom is 0.149 e. The molecule has 4 nitrogen and oxygen atoms in total. The van der Waals surface area contributed by atoms with Crippen molar-refractivity contribution in [3.63, 3.8) is 0 Å². The summed E-state index contributed by atoms with van der Waals surface area (Å²) < 4.78 is 14.4. The van der Waals surface area contributed by atoms with E-state index in [1.54, 1.807) is 0 Å². The van der Waals surface area contributed by atoms with E-state index in [9.17, 15) is 9.50 Å². The van der Waals surface area contributed by atoms with Gasteiger partial charge in [-0.2, -0.15) is 0 Å². The molecule has 0 radical (unpaired) electrons. The summed E-state index contributed by atoms with van der Waals surface area (Å²) in [6.45, 7) is 3.18. The number of piperidine rings is 1. The lowest BCUT2D eigenvalue weighted by atomic mass is 10.0. The van der Waals surface area contributed by atoms with Crippen LogP contribution < -0.4 is 10.6 Å². The topological polar surface area (TPSA) is 62.4 Å². The Labute approximate surface area is 117 Å². The number of fused-ring (bicyclic) bond motifs is 1. The summed E-state index contributed by atoms with van der Waals surface area (Å²) in [6, 6.07) is 5.08. The molecule has 0 atom stereocenters. The van der Waals surface area contributed by atoms with Crippen LogP contribution in [0.4, 0.5) is 15.8 Å². The van der Waals surface area contributed by atoms with Gasteiger partial charge in [0.1, 0.15) is 5.82 Å². The second-order valence-corrected chi connectivity index (χ2v) is 5.36. The molecule has 3 rings (SSSR count). The number of nitrogens with zero attached hydrogens (tertiary/aromatic N) is 2. The smallest absolute Gasteiger partial charge is 0.149 e. The third-order valence-electron chi connectivity index (χ3n) is 3.85. The van der Waals surface area contributed by atoms with Gasteiger partial charge in [0.25, 0.3) is 0 Å². The van der Waals surface area contributed by atoms with Crippen LogP contribution in [0, 0.1) is 12.7 Å². The standard InChI is InChI=1S/C15H18FN3O/c1-9-2-3-11-14(18-9)13(17)8-12(16)15(11)19-6-4-10(20)5-7-19/h2-3,8,10,20H,4-7,17H2,1H3. The van der Waals surface area contributed by atoms with Gasteiger partial charge >= 0.3 is 0 Å². The van der Waals surface area contributed by atoms with Gasteiger partial charge in [-0.3, -0.25) is 4.98 Å². The van der Waals surface area contributed by atoms with E-state index in [0.29, 0.717) is 42.8 Å². The number of nitrogens with two attached hydrogens (primary N) is 1. The van der Waals surface area contributed by atoms with Crippen LogP contribution in [0.1, 0.15) is 18.5 Å². The molecule has 106 valence electrons. The van der Waals surface area contributed by atoms with E-state index >= 15 is 0 Å². The highest BCUT2D eigenvalue weighted by molar-refractivity contribution is 5.99. The van der Waals surface area contributed by atoms with Crippen LogP contribution in [0.15, 0.2) is 18.2 Å². The molecule has 2 aromatic rings. The van der Waals surface area contributed by atoms with Gasteiger partial charge in [0, 0.05) is 30.2 Å². The molecule has 1 fully saturated rings. The van der Waals surface area contributed by atoms with Crippen LogP contribution in [-0.4, -0.2) is 29.3 Å². The lowest BCUT2D eigenvalue weighted by molar-refractivity contribution is 0.145. The number of rotatable bonds is 1. The van der Waals surface area contributed by atoms with Crippen LogP contribution in [0.2, 0.25) is 0 Å². The maximum absolute atomic E-state index is 14.4. The second kappa shape index (κ2) is 4.90. The molecule has 5 heteroatoms. The molecule has 0 spiro atoms.